The van der Waals surface area contributed by atoms with E-state index in [1.807, 2.05) is 24.3 Å². The van der Waals surface area contributed by atoms with E-state index in [1.54, 1.807) is 18.3 Å². The molecule has 1 amide bonds. The fraction of sp³-hybridized carbons (Fsp3) is 0. The predicted molar refractivity (Wildman–Crippen MR) is 87.4 cm³/mol. The molecule has 1 heterocycles. The summed E-state index contributed by atoms with van der Waals surface area (Å²) in [6.45, 7) is 0. The first-order valence-corrected chi connectivity index (χ1v) is 7.26. The molecule has 0 radical (unpaired) electrons. The average Bonchev–Trinajstić information content (AvgIpc) is 2.93. The molecule has 0 atom stereocenters. The largest absolute Gasteiger partial charge is 0.478 e. The maximum absolute atomic E-state index is 12.5. The van der Waals surface area contributed by atoms with Crippen molar-refractivity contribution in [1.82, 2.24) is 4.98 Å². The van der Waals surface area contributed by atoms with Crippen molar-refractivity contribution in [1.29, 1.82) is 0 Å². The molecule has 0 fully saturated rings. The highest BCUT2D eigenvalue weighted by Crippen LogP contribution is 2.28. The molecule has 110 valence electrons. The lowest BCUT2D eigenvalue weighted by Crippen LogP contribution is -2.15. The van der Waals surface area contributed by atoms with E-state index in [0.29, 0.717) is 10.0 Å². The Balaban J connectivity index is 2.00. The van der Waals surface area contributed by atoms with Gasteiger partial charge in [0.15, 0.2) is 0 Å². The summed E-state index contributed by atoms with van der Waals surface area (Å²) in [6, 6.07) is 12.1. The van der Waals surface area contributed by atoms with Crippen molar-refractivity contribution >= 4 is 44.4 Å². The van der Waals surface area contributed by atoms with Crippen LogP contribution in [-0.4, -0.2) is 22.0 Å². The standard InChI is InChI=1S/C16H11BrN2O3/c17-12-6-3-5-10(16(21)22)14(12)19-15(20)11-8-18-13-7-2-1-4-9(11)13/h1-8,18H,(H,19,20)(H,21,22). The van der Waals surface area contributed by atoms with Crippen molar-refractivity contribution in [2.45, 2.75) is 0 Å². The first-order valence-electron chi connectivity index (χ1n) is 6.47. The van der Waals surface area contributed by atoms with E-state index < -0.39 is 5.97 Å². The number of para-hydroxylation sites is 2. The van der Waals surface area contributed by atoms with Crippen LogP contribution in [0.1, 0.15) is 20.7 Å². The molecule has 22 heavy (non-hydrogen) atoms. The van der Waals surface area contributed by atoms with Gasteiger partial charge in [-0.3, -0.25) is 4.79 Å². The molecule has 2 aromatic carbocycles. The van der Waals surface area contributed by atoms with E-state index in [4.69, 9.17) is 0 Å². The summed E-state index contributed by atoms with van der Waals surface area (Å²) >= 11 is 3.27. The summed E-state index contributed by atoms with van der Waals surface area (Å²) in [5, 5.41) is 12.7. The molecule has 3 aromatic rings. The zero-order chi connectivity index (χ0) is 15.7. The van der Waals surface area contributed by atoms with E-state index >= 15 is 0 Å². The monoisotopic (exact) mass is 358 g/mol. The second kappa shape index (κ2) is 5.65. The maximum Gasteiger partial charge on any atom is 0.337 e. The number of H-pyrrole nitrogens is 1. The molecule has 0 aliphatic carbocycles. The van der Waals surface area contributed by atoms with Crippen LogP contribution < -0.4 is 5.32 Å². The van der Waals surface area contributed by atoms with Crippen LogP contribution in [0.4, 0.5) is 5.69 Å². The Morgan fingerprint density at radius 1 is 1.05 bits per heavy atom. The van der Waals surface area contributed by atoms with Crippen LogP contribution in [0.15, 0.2) is 53.1 Å². The minimum Gasteiger partial charge on any atom is -0.478 e. The summed E-state index contributed by atoms with van der Waals surface area (Å²) in [5.74, 6) is -1.47. The van der Waals surface area contributed by atoms with Crippen molar-refractivity contribution in [3.63, 3.8) is 0 Å². The predicted octanol–water partition coefficient (Wildman–Crippen LogP) is 3.88. The average molecular weight is 359 g/mol. The summed E-state index contributed by atoms with van der Waals surface area (Å²) in [7, 11) is 0. The number of carboxylic acid groups (broad SMARTS) is 1. The van der Waals surface area contributed by atoms with Gasteiger partial charge in [0.05, 0.1) is 16.8 Å². The fourth-order valence-corrected chi connectivity index (χ4v) is 2.73. The van der Waals surface area contributed by atoms with Gasteiger partial charge in [-0.05, 0) is 34.1 Å². The Labute approximate surface area is 134 Å². The molecule has 0 bridgehead atoms. The number of amides is 1. The number of aromatic carboxylic acids is 1. The molecular weight excluding hydrogens is 348 g/mol. The van der Waals surface area contributed by atoms with Gasteiger partial charge in [-0.2, -0.15) is 0 Å². The van der Waals surface area contributed by atoms with Gasteiger partial charge in [0.25, 0.3) is 5.91 Å². The third-order valence-electron chi connectivity index (χ3n) is 3.32. The number of carboxylic acids is 1. The summed E-state index contributed by atoms with van der Waals surface area (Å²) < 4.78 is 0.514. The lowest BCUT2D eigenvalue weighted by atomic mass is 10.1. The number of nitrogens with one attached hydrogen (secondary N) is 2. The lowest BCUT2D eigenvalue weighted by molar-refractivity contribution is 0.0698. The van der Waals surface area contributed by atoms with Crippen molar-refractivity contribution in [2.24, 2.45) is 0 Å². The van der Waals surface area contributed by atoms with E-state index in [2.05, 4.69) is 26.2 Å². The van der Waals surface area contributed by atoms with E-state index in [1.165, 1.54) is 6.07 Å². The van der Waals surface area contributed by atoms with Crippen LogP contribution in [0.3, 0.4) is 0 Å². The van der Waals surface area contributed by atoms with Crippen molar-refractivity contribution < 1.29 is 14.7 Å². The summed E-state index contributed by atoms with van der Waals surface area (Å²) in [6.07, 6.45) is 1.61. The number of hydrogen-bond donors (Lipinski definition) is 3. The van der Waals surface area contributed by atoms with Crippen LogP contribution in [0.2, 0.25) is 0 Å². The molecule has 0 saturated heterocycles. The van der Waals surface area contributed by atoms with Gasteiger partial charge >= 0.3 is 5.97 Å². The Kier molecular flexibility index (Phi) is 3.68. The SMILES string of the molecule is O=C(O)c1cccc(Br)c1NC(=O)c1c[nH]c2ccccc12. The van der Waals surface area contributed by atoms with Crippen LogP contribution in [0, 0.1) is 0 Å². The highest BCUT2D eigenvalue weighted by Gasteiger charge is 2.18. The van der Waals surface area contributed by atoms with Crippen LogP contribution in [0.25, 0.3) is 10.9 Å². The van der Waals surface area contributed by atoms with Gasteiger partial charge in [-0.1, -0.05) is 24.3 Å². The number of halogens is 1. The number of hydrogen-bond acceptors (Lipinski definition) is 2. The number of rotatable bonds is 3. The summed E-state index contributed by atoms with van der Waals surface area (Å²) in [4.78, 5) is 26.8. The molecule has 3 rings (SSSR count). The third kappa shape index (κ3) is 2.48. The van der Waals surface area contributed by atoms with Crippen molar-refractivity contribution in [3.05, 3.63) is 64.3 Å². The molecule has 5 nitrogen and oxygen atoms in total. The smallest absolute Gasteiger partial charge is 0.337 e. The van der Waals surface area contributed by atoms with Crippen LogP contribution in [-0.2, 0) is 0 Å². The van der Waals surface area contributed by atoms with Gasteiger partial charge in [0, 0.05) is 21.6 Å². The number of carbonyl (C=O) groups excluding carboxylic acids is 1. The molecule has 3 N–H and O–H groups in total. The first kappa shape index (κ1) is 14.3. The number of aromatic amines is 1. The Morgan fingerprint density at radius 2 is 1.82 bits per heavy atom. The van der Waals surface area contributed by atoms with Gasteiger partial charge in [-0.25, -0.2) is 4.79 Å². The molecular formula is C16H11BrN2O3. The summed E-state index contributed by atoms with van der Waals surface area (Å²) in [5.41, 5.74) is 1.58. The van der Waals surface area contributed by atoms with E-state index in [9.17, 15) is 14.7 Å². The molecule has 1 aromatic heterocycles. The highest BCUT2D eigenvalue weighted by atomic mass is 79.9. The van der Waals surface area contributed by atoms with Gasteiger partial charge in [-0.15, -0.1) is 0 Å². The number of anilines is 1. The lowest BCUT2D eigenvalue weighted by Gasteiger charge is -2.10. The highest BCUT2D eigenvalue weighted by molar-refractivity contribution is 9.10. The topological polar surface area (TPSA) is 82.2 Å². The number of carbonyl (C=O) groups is 2. The van der Waals surface area contributed by atoms with Gasteiger partial charge in [0.2, 0.25) is 0 Å². The number of fused-ring (bicyclic) bond motifs is 1. The van der Waals surface area contributed by atoms with Crippen molar-refractivity contribution in [2.75, 3.05) is 5.32 Å². The van der Waals surface area contributed by atoms with E-state index in [0.717, 1.165) is 10.9 Å². The Morgan fingerprint density at radius 3 is 2.59 bits per heavy atom. The molecule has 0 saturated carbocycles. The van der Waals surface area contributed by atoms with Crippen molar-refractivity contribution in [3.8, 4) is 0 Å². The molecule has 6 heteroatoms. The first-order chi connectivity index (χ1) is 10.6. The normalized spacial score (nSPS) is 10.6. The zero-order valence-corrected chi connectivity index (χ0v) is 12.8. The molecule has 0 spiro atoms. The minimum absolute atomic E-state index is 0.0302. The fourth-order valence-electron chi connectivity index (χ4n) is 2.27. The Hall–Kier alpha value is -2.60. The molecule has 0 aliphatic heterocycles. The minimum atomic E-state index is -1.10. The second-order valence-corrected chi connectivity index (χ2v) is 5.52. The number of aromatic nitrogens is 1. The van der Waals surface area contributed by atoms with Crippen LogP contribution in [0.5, 0.6) is 0 Å². The third-order valence-corrected chi connectivity index (χ3v) is 3.98. The maximum atomic E-state index is 12.5. The van der Waals surface area contributed by atoms with E-state index in [-0.39, 0.29) is 17.2 Å². The Bertz CT molecular complexity index is 886. The van der Waals surface area contributed by atoms with Gasteiger partial charge in [0.1, 0.15) is 0 Å². The zero-order valence-electron chi connectivity index (χ0n) is 11.3. The molecule has 0 aliphatic rings. The molecule has 0 unspecified atom stereocenters. The van der Waals surface area contributed by atoms with Gasteiger partial charge < -0.3 is 15.4 Å². The quantitative estimate of drug-likeness (QED) is 0.664. The number of benzene rings is 2. The second-order valence-electron chi connectivity index (χ2n) is 4.67. The van der Waals surface area contributed by atoms with Crippen LogP contribution >= 0.6 is 15.9 Å².